The van der Waals surface area contributed by atoms with Crippen LogP contribution in [0.5, 0.6) is 5.75 Å². The van der Waals surface area contributed by atoms with Gasteiger partial charge in [-0.3, -0.25) is 4.98 Å². The van der Waals surface area contributed by atoms with Crippen LogP contribution in [0.4, 0.5) is 17.1 Å². The fourth-order valence-corrected chi connectivity index (χ4v) is 5.01. The van der Waals surface area contributed by atoms with Crippen molar-refractivity contribution in [1.82, 2.24) is 10.3 Å². The number of aromatic nitrogens is 1. The van der Waals surface area contributed by atoms with Gasteiger partial charge in [0.25, 0.3) is 0 Å². The summed E-state index contributed by atoms with van der Waals surface area (Å²) in [5.74, 6) is 1.39. The van der Waals surface area contributed by atoms with Gasteiger partial charge in [0.05, 0.1) is 24.5 Å². The van der Waals surface area contributed by atoms with E-state index in [0.717, 1.165) is 48.7 Å². The molecule has 0 spiro atoms. The minimum Gasteiger partial charge on any atom is -0.484 e. The molecule has 1 aromatic carbocycles. The highest BCUT2D eigenvalue weighted by Gasteiger charge is 2.33. The Morgan fingerprint density at radius 3 is 2.94 bits per heavy atom. The highest BCUT2D eigenvalue weighted by Crippen LogP contribution is 2.41. The molecule has 1 aromatic heterocycles. The maximum Gasteiger partial charge on any atom is 0.145 e. The van der Waals surface area contributed by atoms with Crippen LogP contribution < -0.4 is 20.3 Å². The molecule has 1 unspecified atom stereocenters. The van der Waals surface area contributed by atoms with Gasteiger partial charge in [0.15, 0.2) is 0 Å². The van der Waals surface area contributed by atoms with Crippen molar-refractivity contribution >= 4 is 17.1 Å². The second-order valence-electron chi connectivity index (χ2n) is 9.69. The molecule has 0 bridgehead atoms. The van der Waals surface area contributed by atoms with E-state index >= 15 is 0 Å². The van der Waals surface area contributed by atoms with Gasteiger partial charge < -0.3 is 25.4 Å². The lowest BCUT2D eigenvalue weighted by molar-refractivity contribution is 0.105. The molecular weight excluding hydrogens is 412 g/mol. The molecule has 3 aliphatic rings. The molecule has 1 aliphatic carbocycles. The Balaban J connectivity index is 1.33. The normalized spacial score (nSPS) is 20.5. The molecule has 172 valence electrons. The number of pyridine rings is 1. The molecule has 2 aliphatic heterocycles. The monoisotopic (exact) mass is 444 g/mol. The molecular formula is C27H32N4O2. The molecule has 0 saturated carbocycles. The number of hydrogen-bond acceptors (Lipinski definition) is 6. The highest BCUT2D eigenvalue weighted by molar-refractivity contribution is 5.70. The number of rotatable bonds is 6. The van der Waals surface area contributed by atoms with E-state index in [1.54, 1.807) is 6.20 Å². The van der Waals surface area contributed by atoms with Crippen molar-refractivity contribution in [1.29, 1.82) is 0 Å². The fourth-order valence-electron chi connectivity index (χ4n) is 5.01. The molecule has 3 heterocycles. The van der Waals surface area contributed by atoms with Gasteiger partial charge in [-0.2, -0.15) is 0 Å². The van der Waals surface area contributed by atoms with Gasteiger partial charge in [-0.15, -0.1) is 0 Å². The molecule has 0 amide bonds. The average molecular weight is 445 g/mol. The zero-order valence-corrected chi connectivity index (χ0v) is 19.6. The molecule has 3 N–H and O–H groups in total. The predicted molar refractivity (Wildman–Crippen MR) is 133 cm³/mol. The van der Waals surface area contributed by atoms with Crippen LogP contribution in [-0.2, 0) is 6.61 Å². The van der Waals surface area contributed by atoms with E-state index in [4.69, 9.17) is 4.74 Å². The highest BCUT2D eigenvalue weighted by atomic mass is 16.5. The van der Waals surface area contributed by atoms with Crippen molar-refractivity contribution < 1.29 is 9.84 Å². The van der Waals surface area contributed by atoms with Gasteiger partial charge >= 0.3 is 0 Å². The summed E-state index contributed by atoms with van der Waals surface area (Å²) in [6.07, 6.45) is 10.5. The van der Waals surface area contributed by atoms with Crippen LogP contribution >= 0.6 is 0 Å². The SMILES string of the molecule is CC1=C2NC=C(CCN3CC(C)(C)Oc4cc(Nc5ccnc(CO)c5)ccc43)C2CC=C1. The van der Waals surface area contributed by atoms with Crippen molar-refractivity contribution in [3.63, 3.8) is 0 Å². The van der Waals surface area contributed by atoms with Crippen molar-refractivity contribution in [3.8, 4) is 5.75 Å². The van der Waals surface area contributed by atoms with E-state index in [1.165, 1.54) is 16.8 Å². The zero-order valence-electron chi connectivity index (χ0n) is 19.6. The molecule has 33 heavy (non-hydrogen) atoms. The van der Waals surface area contributed by atoms with Crippen LogP contribution in [0.1, 0.15) is 39.3 Å². The number of benzene rings is 1. The van der Waals surface area contributed by atoms with Crippen molar-refractivity contribution in [2.45, 2.75) is 45.8 Å². The number of nitrogens with one attached hydrogen (secondary N) is 2. The van der Waals surface area contributed by atoms with Gasteiger partial charge in [-0.1, -0.05) is 12.2 Å². The minimum atomic E-state index is -0.274. The first-order valence-corrected chi connectivity index (χ1v) is 11.7. The zero-order chi connectivity index (χ0) is 23.0. The number of ether oxygens (including phenoxy) is 1. The number of anilines is 3. The van der Waals surface area contributed by atoms with Crippen LogP contribution in [0, 0.1) is 5.92 Å². The van der Waals surface area contributed by atoms with Crippen LogP contribution in [-0.4, -0.2) is 28.8 Å². The molecule has 0 saturated heterocycles. The Morgan fingerprint density at radius 1 is 1.24 bits per heavy atom. The summed E-state index contributed by atoms with van der Waals surface area (Å²) >= 11 is 0. The van der Waals surface area contributed by atoms with E-state index in [0.29, 0.717) is 11.6 Å². The molecule has 6 heteroatoms. The van der Waals surface area contributed by atoms with Crippen LogP contribution in [0.3, 0.4) is 0 Å². The molecule has 0 fully saturated rings. The summed E-state index contributed by atoms with van der Waals surface area (Å²) in [5, 5.41) is 16.3. The lowest BCUT2D eigenvalue weighted by Gasteiger charge is -2.41. The van der Waals surface area contributed by atoms with E-state index in [-0.39, 0.29) is 12.2 Å². The smallest absolute Gasteiger partial charge is 0.145 e. The first-order valence-electron chi connectivity index (χ1n) is 11.7. The summed E-state index contributed by atoms with van der Waals surface area (Å²) in [6, 6.07) is 10.0. The Kier molecular flexibility index (Phi) is 5.62. The van der Waals surface area contributed by atoms with Crippen LogP contribution in [0.2, 0.25) is 0 Å². The number of nitrogens with zero attached hydrogens (tertiary/aromatic N) is 2. The Hall–Kier alpha value is -3.25. The van der Waals surface area contributed by atoms with Crippen molar-refractivity contribution in [2.24, 2.45) is 5.92 Å². The third-order valence-electron chi connectivity index (χ3n) is 6.57. The molecule has 1 atom stereocenters. The van der Waals surface area contributed by atoms with Crippen molar-refractivity contribution in [2.75, 3.05) is 23.3 Å². The van der Waals surface area contributed by atoms with E-state index in [9.17, 15) is 5.11 Å². The molecule has 5 rings (SSSR count). The minimum absolute atomic E-state index is 0.0775. The molecule has 6 nitrogen and oxygen atoms in total. The Morgan fingerprint density at radius 2 is 2.09 bits per heavy atom. The fraction of sp³-hybridized carbons (Fsp3) is 0.370. The second-order valence-corrected chi connectivity index (χ2v) is 9.69. The van der Waals surface area contributed by atoms with Gasteiger partial charge in [-0.05, 0) is 69.0 Å². The second kappa shape index (κ2) is 8.60. The summed E-state index contributed by atoms with van der Waals surface area (Å²) in [4.78, 5) is 6.60. The summed E-state index contributed by atoms with van der Waals surface area (Å²) < 4.78 is 6.37. The number of allylic oxidation sites excluding steroid dienone is 4. The number of hydrogen-bond donors (Lipinski definition) is 3. The van der Waals surface area contributed by atoms with Gasteiger partial charge in [-0.25, -0.2) is 0 Å². The quantitative estimate of drug-likeness (QED) is 0.581. The summed E-state index contributed by atoms with van der Waals surface area (Å²) in [5.41, 5.74) is 7.53. The standard InChI is InChI=1S/C27H32N4O2/c1-18-5-4-6-23-19(15-29-26(18)23)10-12-31-17-27(2,3)33-25-14-20(7-8-24(25)31)30-21-9-11-28-22(13-21)16-32/h4-5,7-9,11,13-15,23,29,32H,6,10,12,16-17H2,1-3H3,(H,28,30). The van der Waals surface area contributed by atoms with Gasteiger partial charge in [0, 0.05) is 48.0 Å². The lowest BCUT2D eigenvalue weighted by atomic mass is 9.87. The van der Waals surface area contributed by atoms with Gasteiger partial charge in [0.1, 0.15) is 11.4 Å². The Labute approximate surface area is 195 Å². The van der Waals surface area contributed by atoms with Gasteiger partial charge in [0.2, 0.25) is 0 Å². The first-order chi connectivity index (χ1) is 15.9. The van der Waals surface area contributed by atoms with Crippen molar-refractivity contribution in [3.05, 3.63) is 77.4 Å². The van der Waals surface area contributed by atoms with E-state index in [1.807, 2.05) is 12.1 Å². The largest absolute Gasteiger partial charge is 0.484 e. The third kappa shape index (κ3) is 4.48. The first kappa shape index (κ1) is 21.6. The van der Waals surface area contributed by atoms with E-state index < -0.39 is 0 Å². The molecule has 0 radical (unpaired) electrons. The number of aliphatic hydroxyl groups is 1. The maximum atomic E-state index is 9.35. The topological polar surface area (TPSA) is 69.7 Å². The maximum absolute atomic E-state index is 9.35. The average Bonchev–Trinajstić information content (AvgIpc) is 3.21. The van der Waals surface area contributed by atoms with Crippen LogP contribution in [0.15, 0.2) is 71.7 Å². The summed E-state index contributed by atoms with van der Waals surface area (Å²) in [6.45, 7) is 8.20. The number of aliphatic hydroxyl groups excluding tert-OH is 1. The van der Waals surface area contributed by atoms with E-state index in [2.05, 4.69) is 77.8 Å². The Bertz CT molecular complexity index is 1150. The lowest BCUT2D eigenvalue weighted by Crippen LogP contribution is -2.47. The number of fused-ring (bicyclic) bond motifs is 2. The summed E-state index contributed by atoms with van der Waals surface area (Å²) in [7, 11) is 0. The predicted octanol–water partition coefficient (Wildman–Crippen LogP) is 5.02. The van der Waals surface area contributed by atoms with Crippen LogP contribution in [0.25, 0.3) is 0 Å². The third-order valence-corrected chi connectivity index (χ3v) is 6.57. The molecule has 2 aromatic rings.